The van der Waals surface area contributed by atoms with Gasteiger partial charge in [0.1, 0.15) is 5.75 Å². The first-order valence-corrected chi connectivity index (χ1v) is 8.21. The molecule has 0 radical (unpaired) electrons. The normalized spacial score (nSPS) is 26.6. The molecular weight excluding hydrogens is 258 g/mol. The zero-order valence-electron chi connectivity index (χ0n) is 14.1. The molecule has 2 rings (SSSR count). The minimum absolute atomic E-state index is 0.286. The third kappa shape index (κ3) is 4.00. The Bertz CT molecular complexity index is 453. The highest BCUT2D eigenvalue weighted by atomic mass is 16.5. The molecule has 0 atom stereocenters. The highest BCUT2D eigenvalue weighted by Crippen LogP contribution is 2.46. The summed E-state index contributed by atoms with van der Waals surface area (Å²) in [7, 11) is 1.73. The Hall–Kier alpha value is -1.02. The fourth-order valence-corrected chi connectivity index (χ4v) is 3.76. The van der Waals surface area contributed by atoms with Crippen LogP contribution >= 0.6 is 0 Å². The summed E-state index contributed by atoms with van der Waals surface area (Å²) in [4.78, 5) is 0. The van der Waals surface area contributed by atoms with E-state index in [1.807, 2.05) is 6.07 Å². The highest BCUT2D eigenvalue weighted by molar-refractivity contribution is 5.29. The van der Waals surface area contributed by atoms with Crippen LogP contribution < -0.4 is 10.5 Å². The SMILES string of the molecule is COc1cccc(CC2(CN)CCC(C(C)(C)C)CC2)c1. The van der Waals surface area contributed by atoms with Crippen molar-refractivity contribution in [3.8, 4) is 5.75 Å². The third-order valence-electron chi connectivity index (χ3n) is 5.42. The Morgan fingerprint density at radius 2 is 1.90 bits per heavy atom. The fraction of sp³-hybridized carbons (Fsp3) is 0.684. The van der Waals surface area contributed by atoms with E-state index in [-0.39, 0.29) is 5.41 Å². The van der Waals surface area contributed by atoms with Gasteiger partial charge in [-0.1, -0.05) is 32.9 Å². The van der Waals surface area contributed by atoms with E-state index >= 15 is 0 Å². The smallest absolute Gasteiger partial charge is 0.119 e. The number of hydrogen-bond acceptors (Lipinski definition) is 2. The van der Waals surface area contributed by atoms with Crippen LogP contribution in [0, 0.1) is 16.7 Å². The second kappa shape index (κ2) is 6.39. The van der Waals surface area contributed by atoms with Crippen molar-refractivity contribution in [2.45, 2.75) is 52.9 Å². The predicted octanol–water partition coefficient (Wildman–Crippen LogP) is 4.42. The molecule has 0 aromatic heterocycles. The van der Waals surface area contributed by atoms with E-state index in [2.05, 4.69) is 39.0 Å². The standard InChI is InChI=1S/C19H31NO/c1-18(2,3)16-8-10-19(14-20,11-9-16)13-15-6-5-7-17(12-15)21-4/h5-7,12,16H,8-11,13-14,20H2,1-4H3. The maximum atomic E-state index is 6.18. The number of benzene rings is 1. The topological polar surface area (TPSA) is 35.2 Å². The molecule has 1 aliphatic carbocycles. The number of methoxy groups -OCH3 is 1. The lowest BCUT2D eigenvalue weighted by atomic mass is 9.62. The Morgan fingerprint density at radius 3 is 2.43 bits per heavy atom. The van der Waals surface area contributed by atoms with E-state index in [4.69, 9.17) is 10.5 Å². The molecule has 1 aliphatic rings. The van der Waals surface area contributed by atoms with Crippen molar-refractivity contribution < 1.29 is 4.74 Å². The largest absolute Gasteiger partial charge is 0.497 e. The van der Waals surface area contributed by atoms with Gasteiger partial charge in [0.05, 0.1) is 7.11 Å². The van der Waals surface area contributed by atoms with Crippen LogP contribution in [-0.2, 0) is 6.42 Å². The lowest BCUT2D eigenvalue weighted by Crippen LogP contribution is -2.39. The summed E-state index contributed by atoms with van der Waals surface area (Å²) in [6, 6.07) is 8.46. The van der Waals surface area contributed by atoms with Crippen LogP contribution in [0.2, 0.25) is 0 Å². The Balaban J connectivity index is 2.06. The molecule has 2 nitrogen and oxygen atoms in total. The van der Waals surface area contributed by atoms with Gasteiger partial charge in [-0.15, -0.1) is 0 Å². The van der Waals surface area contributed by atoms with Crippen molar-refractivity contribution in [1.82, 2.24) is 0 Å². The summed E-state index contributed by atoms with van der Waals surface area (Å²) in [5.41, 5.74) is 8.25. The average molecular weight is 289 g/mol. The maximum absolute atomic E-state index is 6.18. The van der Waals surface area contributed by atoms with Crippen LogP contribution in [0.4, 0.5) is 0 Å². The van der Waals surface area contributed by atoms with Gasteiger partial charge in [-0.05, 0) is 73.1 Å². The van der Waals surface area contributed by atoms with Gasteiger partial charge in [-0.25, -0.2) is 0 Å². The Labute approximate surface area is 130 Å². The molecule has 0 bridgehead atoms. The van der Waals surface area contributed by atoms with Crippen LogP contribution in [0.5, 0.6) is 5.75 Å². The predicted molar refractivity (Wildman–Crippen MR) is 89.6 cm³/mol. The molecule has 1 saturated carbocycles. The van der Waals surface area contributed by atoms with Crippen molar-refractivity contribution in [3.05, 3.63) is 29.8 Å². The highest BCUT2D eigenvalue weighted by Gasteiger charge is 2.37. The van der Waals surface area contributed by atoms with Crippen molar-refractivity contribution in [2.75, 3.05) is 13.7 Å². The van der Waals surface area contributed by atoms with Crippen molar-refractivity contribution in [1.29, 1.82) is 0 Å². The molecule has 1 aromatic carbocycles. The first kappa shape index (κ1) is 16.4. The molecule has 0 saturated heterocycles. The van der Waals surface area contributed by atoms with Gasteiger partial charge < -0.3 is 10.5 Å². The molecule has 2 N–H and O–H groups in total. The minimum Gasteiger partial charge on any atom is -0.497 e. The molecule has 21 heavy (non-hydrogen) atoms. The van der Waals surface area contributed by atoms with Gasteiger partial charge in [0.15, 0.2) is 0 Å². The van der Waals surface area contributed by atoms with Crippen molar-refractivity contribution in [2.24, 2.45) is 22.5 Å². The summed E-state index contributed by atoms with van der Waals surface area (Å²) >= 11 is 0. The lowest BCUT2D eigenvalue weighted by molar-refractivity contribution is 0.0926. The average Bonchev–Trinajstić information content (AvgIpc) is 2.47. The fourth-order valence-electron chi connectivity index (χ4n) is 3.76. The lowest BCUT2D eigenvalue weighted by Gasteiger charge is -2.44. The Kier molecular flexibility index (Phi) is 4.98. The molecule has 0 spiro atoms. The maximum Gasteiger partial charge on any atom is 0.119 e. The molecule has 0 unspecified atom stereocenters. The van der Waals surface area contributed by atoms with Crippen LogP contribution in [-0.4, -0.2) is 13.7 Å². The van der Waals surface area contributed by atoms with Crippen LogP contribution in [0.1, 0.15) is 52.0 Å². The molecular formula is C19H31NO. The summed E-state index contributed by atoms with van der Waals surface area (Å²) in [5, 5.41) is 0. The van der Waals surface area contributed by atoms with Gasteiger partial charge in [0, 0.05) is 0 Å². The van der Waals surface area contributed by atoms with E-state index in [0.717, 1.165) is 24.6 Å². The van der Waals surface area contributed by atoms with Gasteiger partial charge >= 0.3 is 0 Å². The van der Waals surface area contributed by atoms with Crippen LogP contribution in [0.25, 0.3) is 0 Å². The van der Waals surface area contributed by atoms with Gasteiger partial charge in [-0.3, -0.25) is 0 Å². The molecule has 0 heterocycles. The zero-order chi connectivity index (χ0) is 15.5. The molecule has 2 heteroatoms. The first-order chi connectivity index (χ1) is 9.88. The molecule has 118 valence electrons. The number of hydrogen-bond donors (Lipinski definition) is 1. The van der Waals surface area contributed by atoms with Crippen molar-refractivity contribution >= 4 is 0 Å². The molecule has 0 aliphatic heterocycles. The monoisotopic (exact) mass is 289 g/mol. The first-order valence-electron chi connectivity index (χ1n) is 8.21. The van der Waals surface area contributed by atoms with E-state index in [9.17, 15) is 0 Å². The second-order valence-electron chi connectivity index (χ2n) is 7.87. The van der Waals surface area contributed by atoms with E-state index in [1.165, 1.54) is 31.2 Å². The molecule has 1 fully saturated rings. The van der Waals surface area contributed by atoms with Gasteiger partial charge in [0.2, 0.25) is 0 Å². The van der Waals surface area contributed by atoms with Crippen LogP contribution in [0.15, 0.2) is 24.3 Å². The number of ether oxygens (including phenoxy) is 1. The third-order valence-corrected chi connectivity index (χ3v) is 5.42. The number of rotatable bonds is 4. The van der Waals surface area contributed by atoms with Crippen molar-refractivity contribution in [3.63, 3.8) is 0 Å². The summed E-state index contributed by atoms with van der Waals surface area (Å²) < 4.78 is 5.34. The Morgan fingerprint density at radius 1 is 1.24 bits per heavy atom. The van der Waals surface area contributed by atoms with Crippen LogP contribution in [0.3, 0.4) is 0 Å². The summed E-state index contributed by atoms with van der Waals surface area (Å²) in [6.45, 7) is 7.90. The number of nitrogens with two attached hydrogens (primary N) is 1. The van der Waals surface area contributed by atoms with E-state index in [1.54, 1.807) is 7.11 Å². The minimum atomic E-state index is 0.286. The van der Waals surface area contributed by atoms with Gasteiger partial charge in [-0.2, -0.15) is 0 Å². The van der Waals surface area contributed by atoms with E-state index < -0.39 is 0 Å². The molecule has 1 aromatic rings. The summed E-state index contributed by atoms with van der Waals surface area (Å²) in [6.07, 6.45) is 6.21. The summed E-state index contributed by atoms with van der Waals surface area (Å²) in [5.74, 6) is 1.78. The second-order valence-corrected chi connectivity index (χ2v) is 7.87. The quantitative estimate of drug-likeness (QED) is 0.890. The zero-order valence-corrected chi connectivity index (χ0v) is 14.1. The molecule has 0 amide bonds. The van der Waals surface area contributed by atoms with E-state index in [0.29, 0.717) is 5.41 Å². The van der Waals surface area contributed by atoms with Gasteiger partial charge in [0.25, 0.3) is 0 Å².